The van der Waals surface area contributed by atoms with Gasteiger partial charge >= 0.3 is 23.9 Å². The number of carbonyl (C=O) groups excluding carboxylic acids is 4. The van der Waals surface area contributed by atoms with Crippen LogP contribution < -0.4 is 0 Å². The van der Waals surface area contributed by atoms with Gasteiger partial charge in [-0.1, -0.05) is 60.7 Å². The van der Waals surface area contributed by atoms with E-state index in [4.69, 9.17) is 23.7 Å². The van der Waals surface area contributed by atoms with E-state index in [-0.39, 0.29) is 89.2 Å². The van der Waals surface area contributed by atoms with Gasteiger partial charge < -0.3 is 23.7 Å². The summed E-state index contributed by atoms with van der Waals surface area (Å²) in [4.78, 5) is 47.0. The van der Waals surface area contributed by atoms with Gasteiger partial charge in [0.15, 0.2) is 0 Å². The number of carbonyl (C=O) groups is 4. The Balaban J connectivity index is 1.33. The molecule has 0 atom stereocenters. The highest BCUT2D eigenvalue weighted by atomic mass is 16.6. The lowest BCUT2D eigenvalue weighted by atomic mass is 10.2. The van der Waals surface area contributed by atoms with E-state index < -0.39 is 0 Å². The van der Waals surface area contributed by atoms with Crippen LogP contribution in [0.15, 0.2) is 60.7 Å². The van der Waals surface area contributed by atoms with Gasteiger partial charge in [-0.15, -0.1) is 0 Å². The van der Waals surface area contributed by atoms with Gasteiger partial charge in [-0.2, -0.15) is 0 Å². The van der Waals surface area contributed by atoms with Crippen LogP contribution in [0.25, 0.3) is 0 Å². The van der Waals surface area contributed by atoms with Crippen LogP contribution in [0.1, 0.15) is 62.5 Å². The molecule has 0 heterocycles. The van der Waals surface area contributed by atoms with Crippen molar-refractivity contribution in [1.82, 2.24) is 0 Å². The normalized spacial score (nSPS) is 10.5. The number of rotatable bonds is 20. The first-order valence-corrected chi connectivity index (χ1v) is 13.3. The van der Waals surface area contributed by atoms with Crippen LogP contribution in [0.2, 0.25) is 0 Å². The number of hydrogen-bond donors (Lipinski definition) is 0. The molecule has 0 amide bonds. The molecule has 0 aromatic heterocycles. The monoisotopic (exact) mass is 542 g/mol. The second-order valence-corrected chi connectivity index (χ2v) is 8.76. The molecule has 0 N–H and O–H groups in total. The van der Waals surface area contributed by atoms with E-state index in [0.717, 1.165) is 11.1 Å². The van der Waals surface area contributed by atoms with Gasteiger partial charge in [-0.3, -0.25) is 19.2 Å². The topological polar surface area (TPSA) is 114 Å². The van der Waals surface area contributed by atoms with Crippen LogP contribution in [0.5, 0.6) is 0 Å². The maximum absolute atomic E-state index is 11.8. The number of hydrogen-bond acceptors (Lipinski definition) is 9. The summed E-state index contributed by atoms with van der Waals surface area (Å²) in [7, 11) is 0. The minimum absolute atomic E-state index is 0.103. The SMILES string of the molecule is O=C(CCCCC(=O)OCc1ccccc1)OCCOCCOC(=O)CCCCC(=O)OCc1ccccc1. The summed E-state index contributed by atoms with van der Waals surface area (Å²) >= 11 is 0. The molecule has 0 radical (unpaired) electrons. The van der Waals surface area contributed by atoms with Crippen LogP contribution in [0.3, 0.4) is 0 Å². The fraction of sp³-hybridized carbons (Fsp3) is 0.467. The summed E-state index contributed by atoms with van der Waals surface area (Å²) in [6.45, 7) is 1.09. The molecule has 0 aliphatic rings. The average Bonchev–Trinajstić information content (AvgIpc) is 2.96. The second-order valence-electron chi connectivity index (χ2n) is 8.76. The molecule has 0 saturated heterocycles. The van der Waals surface area contributed by atoms with Gasteiger partial charge in [-0.05, 0) is 36.8 Å². The molecule has 0 unspecified atom stereocenters. The summed E-state index contributed by atoms with van der Waals surface area (Å²) in [5, 5.41) is 0. The summed E-state index contributed by atoms with van der Waals surface area (Å²) < 4.78 is 25.9. The minimum atomic E-state index is -0.355. The van der Waals surface area contributed by atoms with Gasteiger partial charge in [0, 0.05) is 25.7 Å². The van der Waals surface area contributed by atoms with Crippen molar-refractivity contribution >= 4 is 23.9 Å². The maximum atomic E-state index is 11.8. The van der Waals surface area contributed by atoms with Crippen LogP contribution in [0.4, 0.5) is 0 Å². The fourth-order valence-corrected chi connectivity index (χ4v) is 3.37. The lowest BCUT2D eigenvalue weighted by Gasteiger charge is -2.08. The van der Waals surface area contributed by atoms with Gasteiger partial charge in [0.1, 0.15) is 26.4 Å². The van der Waals surface area contributed by atoms with Crippen molar-refractivity contribution < 1.29 is 42.9 Å². The van der Waals surface area contributed by atoms with Crippen molar-refractivity contribution in [3.8, 4) is 0 Å². The first kappa shape index (κ1) is 31.5. The molecule has 39 heavy (non-hydrogen) atoms. The molecule has 9 heteroatoms. The Labute approximate surface area is 229 Å². The molecular weight excluding hydrogens is 504 g/mol. The molecule has 2 rings (SSSR count). The summed E-state index contributed by atoms with van der Waals surface area (Å²) in [5.74, 6) is -1.29. The van der Waals surface area contributed by atoms with Gasteiger partial charge in [0.05, 0.1) is 13.2 Å². The smallest absolute Gasteiger partial charge is 0.306 e. The van der Waals surface area contributed by atoms with E-state index >= 15 is 0 Å². The zero-order valence-corrected chi connectivity index (χ0v) is 22.3. The predicted octanol–water partition coefficient (Wildman–Crippen LogP) is 4.70. The molecule has 9 nitrogen and oxygen atoms in total. The Bertz CT molecular complexity index is 897. The van der Waals surface area contributed by atoms with Crippen molar-refractivity contribution in [2.45, 2.75) is 64.6 Å². The molecule has 0 aliphatic heterocycles. The molecule has 0 bridgehead atoms. The van der Waals surface area contributed by atoms with E-state index in [1.807, 2.05) is 60.7 Å². The third-order valence-electron chi connectivity index (χ3n) is 5.49. The van der Waals surface area contributed by atoms with E-state index in [9.17, 15) is 19.2 Å². The molecule has 0 saturated carbocycles. The molecule has 0 fully saturated rings. The number of unbranched alkanes of at least 4 members (excludes halogenated alkanes) is 2. The quantitative estimate of drug-likeness (QED) is 0.133. The largest absolute Gasteiger partial charge is 0.463 e. The number of benzene rings is 2. The third kappa shape index (κ3) is 16.7. The van der Waals surface area contributed by atoms with Crippen molar-refractivity contribution in [1.29, 1.82) is 0 Å². The van der Waals surface area contributed by atoms with Crippen molar-refractivity contribution in [2.75, 3.05) is 26.4 Å². The third-order valence-corrected chi connectivity index (χ3v) is 5.49. The molecule has 212 valence electrons. The molecule has 0 spiro atoms. The van der Waals surface area contributed by atoms with E-state index in [2.05, 4.69) is 0 Å². The highest BCUT2D eigenvalue weighted by Crippen LogP contribution is 2.07. The van der Waals surface area contributed by atoms with Crippen LogP contribution >= 0.6 is 0 Å². The van der Waals surface area contributed by atoms with E-state index in [0.29, 0.717) is 25.7 Å². The Morgan fingerprint density at radius 2 is 0.769 bits per heavy atom. The zero-order chi connectivity index (χ0) is 28.0. The number of esters is 4. The first-order valence-electron chi connectivity index (χ1n) is 13.3. The van der Waals surface area contributed by atoms with Crippen LogP contribution in [-0.4, -0.2) is 50.3 Å². The molecule has 2 aromatic rings. The summed E-state index contributed by atoms with van der Waals surface area (Å²) in [6, 6.07) is 18.9. The standard InChI is InChI=1S/C30H38O9/c31-27(15-7-9-17-29(33)38-23-25-11-3-1-4-12-25)36-21-19-35-20-22-37-28(32)16-8-10-18-30(34)39-24-26-13-5-2-6-14-26/h1-6,11-14H,7-10,15-24H2. The Kier molecular flexibility index (Phi) is 16.4. The lowest BCUT2D eigenvalue weighted by molar-refractivity contribution is -0.148. The first-order chi connectivity index (χ1) is 19.0. The molecular formula is C30H38O9. The van der Waals surface area contributed by atoms with E-state index in [1.165, 1.54) is 0 Å². The summed E-state index contributed by atoms with van der Waals surface area (Å²) in [5.41, 5.74) is 1.86. The Morgan fingerprint density at radius 1 is 0.436 bits per heavy atom. The van der Waals surface area contributed by atoms with Crippen molar-refractivity contribution in [3.63, 3.8) is 0 Å². The number of ether oxygens (including phenoxy) is 5. The summed E-state index contributed by atoms with van der Waals surface area (Å²) in [6.07, 6.45) is 3.09. The van der Waals surface area contributed by atoms with Crippen molar-refractivity contribution in [2.24, 2.45) is 0 Å². The van der Waals surface area contributed by atoms with Gasteiger partial charge in [-0.25, -0.2) is 0 Å². The minimum Gasteiger partial charge on any atom is -0.463 e. The maximum Gasteiger partial charge on any atom is 0.306 e. The van der Waals surface area contributed by atoms with Crippen LogP contribution in [0, 0.1) is 0 Å². The zero-order valence-electron chi connectivity index (χ0n) is 22.3. The highest BCUT2D eigenvalue weighted by molar-refractivity contribution is 5.71. The van der Waals surface area contributed by atoms with Crippen LogP contribution in [-0.2, 0) is 56.1 Å². The lowest BCUT2D eigenvalue weighted by Crippen LogP contribution is -2.14. The molecule has 2 aromatic carbocycles. The van der Waals surface area contributed by atoms with Gasteiger partial charge in [0.25, 0.3) is 0 Å². The van der Waals surface area contributed by atoms with Crippen molar-refractivity contribution in [3.05, 3.63) is 71.8 Å². The van der Waals surface area contributed by atoms with E-state index in [1.54, 1.807) is 0 Å². The Morgan fingerprint density at radius 3 is 1.13 bits per heavy atom. The highest BCUT2D eigenvalue weighted by Gasteiger charge is 2.08. The molecule has 0 aliphatic carbocycles. The predicted molar refractivity (Wildman–Crippen MR) is 142 cm³/mol. The van der Waals surface area contributed by atoms with Gasteiger partial charge in [0.2, 0.25) is 0 Å². The Hall–Kier alpha value is -3.72. The second kappa shape index (κ2) is 20.3. The average molecular weight is 543 g/mol. The fourth-order valence-electron chi connectivity index (χ4n) is 3.37.